The Morgan fingerprint density at radius 1 is 1.27 bits per heavy atom. The molecular weight excluding hydrogens is 482 g/mol. The molecule has 2 aromatic rings. The second-order valence-corrected chi connectivity index (χ2v) is 10.4. The van der Waals surface area contributed by atoms with Crippen LogP contribution in [0.15, 0.2) is 40.9 Å². The molecule has 33 heavy (non-hydrogen) atoms. The number of amides is 1. The number of anilines is 1. The van der Waals surface area contributed by atoms with Gasteiger partial charge in [-0.15, -0.1) is 0 Å². The van der Waals surface area contributed by atoms with Crippen LogP contribution < -0.4 is 15.8 Å². The molecule has 5 rings (SSSR count). The molecule has 7 heteroatoms. The van der Waals surface area contributed by atoms with E-state index in [9.17, 15) is 9.90 Å². The summed E-state index contributed by atoms with van der Waals surface area (Å²) in [4.78, 5) is 13.8. The summed E-state index contributed by atoms with van der Waals surface area (Å²) in [5.74, 6) is 1.22. The van der Waals surface area contributed by atoms with Crippen LogP contribution in [-0.2, 0) is 18.4 Å². The van der Waals surface area contributed by atoms with Gasteiger partial charge in [-0.1, -0.05) is 43.2 Å². The molecule has 176 valence electrons. The van der Waals surface area contributed by atoms with Crippen molar-refractivity contribution in [3.63, 3.8) is 0 Å². The van der Waals surface area contributed by atoms with Crippen molar-refractivity contribution in [3.8, 4) is 5.75 Å². The van der Waals surface area contributed by atoms with Crippen molar-refractivity contribution in [2.45, 2.75) is 56.6 Å². The molecule has 1 amide bonds. The predicted octanol–water partition coefficient (Wildman–Crippen LogP) is 5.14. The predicted molar refractivity (Wildman–Crippen MR) is 133 cm³/mol. The minimum Gasteiger partial charge on any atom is -0.487 e. The van der Waals surface area contributed by atoms with E-state index in [0.29, 0.717) is 32.2 Å². The van der Waals surface area contributed by atoms with Gasteiger partial charge in [0.05, 0.1) is 5.69 Å². The summed E-state index contributed by atoms with van der Waals surface area (Å²) in [6.45, 7) is 2.26. The zero-order valence-electron chi connectivity index (χ0n) is 18.9. The largest absolute Gasteiger partial charge is 0.487 e. The first-order chi connectivity index (χ1) is 16.0. The molecule has 2 bridgehead atoms. The smallest absolute Gasteiger partial charge is 0.407 e. The highest BCUT2D eigenvalue weighted by molar-refractivity contribution is 9.10. The lowest BCUT2D eigenvalue weighted by Crippen LogP contribution is -2.62. The normalized spacial score (nSPS) is 25.7. The summed E-state index contributed by atoms with van der Waals surface area (Å²) in [6, 6.07) is 12.5. The number of nitrogens with zero attached hydrogens (tertiary/aromatic N) is 1. The Labute approximate surface area is 203 Å². The summed E-state index contributed by atoms with van der Waals surface area (Å²) >= 11 is 3.90. The van der Waals surface area contributed by atoms with E-state index in [0.717, 1.165) is 47.2 Å². The third kappa shape index (κ3) is 3.89. The van der Waals surface area contributed by atoms with E-state index in [1.807, 2.05) is 18.2 Å². The molecule has 3 unspecified atom stereocenters. The lowest BCUT2D eigenvalue weighted by Gasteiger charge is -2.58. The maximum Gasteiger partial charge on any atom is 0.407 e. The summed E-state index contributed by atoms with van der Waals surface area (Å²) in [5, 5.41) is 13.4. The molecule has 2 aliphatic carbocycles. The molecule has 2 aromatic carbocycles. The van der Waals surface area contributed by atoms with E-state index in [2.05, 4.69) is 39.4 Å². The number of ether oxygens (including phenoxy) is 1. The number of nitrogens with one attached hydrogen (secondary N) is 1. The topological polar surface area (TPSA) is 87.8 Å². The Morgan fingerprint density at radius 2 is 2.09 bits per heavy atom. The van der Waals surface area contributed by atoms with Gasteiger partial charge in [0.1, 0.15) is 12.4 Å². The summed E-state index contributed by atoms with van der Waals surface area (Å²) in [7, 11) is 0. The van der Waals surface area contributed by atoms with Crippen LogP contribution in [0.25, 0.3) is 0 Å². The van der Waals surface area contributed by atoms with Gasteiger partial charge in [-0.05, 0) is 70.3 Å². The number of piperidine rings is 1. The molecule has 3 atom stereocenters. The van der Waals surface area contributed by atoms with Crippen molar-refractivity contribution < 1.29 is 14.6 Å². The van der Waals surface area contributed by atoms with Crippen LogP contribution in [-0.4, -0.2) is 41.8 Å². The maximum absolute atomic E-state index is 12.1. The Hall–Kier alpha value is -2.25. The minimum absolute atomic E-state index is 0.0300. The van der Waals surface area contributed by atoms with Crippen LogP contribution in [0.5, 0.6) is 5.75 Å². The molecule has 2 fully saturated rings. The lowest BCUT2D eigenvalue weighted by molar-refractivity contribution is -0.00303. The van der Waals surface area contributed by atoms with E-state index in [1.165, 1.54) is 24.0 Å². The molecule has 0 aromatic heterocycles. The first-order valence-electron chi connectivity index (χ1n) is 12.0. The number of hydrogen-bond donors (Lipinski definition) is 3. The van der Waals surface area contributed by atoms with Crippen molar-refractivity contribution in [3.05, 3.63) is 57.6 Å². The van der Waals surface area contributed by atoms with Gasteiger partial charge in [0.25, 0.3) is 0 Å². The molecular formula is C26H32BrN3O3. The van der Waals surface area contributed by atoms with Crippen LogP contribution in [0.3, 0.4) is 0 Å². The van der Waals surface area contributed by atoms with Crippen LogP contribution in [0, 0.1) is 5.92 Å². The molecule has 6 nitrogen and oxygen atoms in total. The van der Waals surface area contributed by atoms with Crippen molar-refractivity contribution in [1.82, 2.24) is 4.90 Å². The molecule has 3 aliphatic rings. The summed E-state index contributed by atoms with van der Waals surface area (Å²) < 4.78 is 7.40. The first-order valence-corrected chi connectivity index (χ1v) is 12.8. The molecule has 0 spiro atoms. The van der Waals surface area contributed by atoms with Crippen LogP contribution in [0.1, 0.15) is 48.8 Å². The average molecular weight is 514 g/mol. The minimum atomic E-state index is -0.789. The number of nitrogens with two attached hydrogens (primary N) is 1. The van der Waals surface area contributed by atoms with Gasteiger partial charge in [-0.2, -0.15) is 0 Å². The number of likely N-dealkylation sites (tertiary alicyclic amines) is 1. The third-order valence-corrected chi connectivity index (χ3v) is 8.85. The standard InChI is InChI=1S/C26H32BrN3O3/c27-23-18-14-21-19-8-4-5-9-26(19,10-13-30(21)25(31)32)20(18)15-22(24(23)29-12-11-28)33-16-17-6-2-1-3-7-17/h1-3,6-7,15,19,21,29H,4-5,8-14,16,28H2,(H,31,32). The Bertz CT molecular complexity index is 1030. The summed E-state index contributed by atoms with van der Waals surface area (Å²) in [5.41, 5.74) is 10.5. The molecule has 4 N–H and O–H groups in total. The van der Waals surface area contributed by atoms with Gasteiger partial charge < -0.3 is 25.8 Å². The van der Waals surface area contributed by atoms with Crippen molar-refractivity contribution in [1.29, 1.82) is 0 Å². The van der Waals surface area contributed by atoms with Crippen molar-refractivity contribution >= 4 is 27.7 Å². The van der Waals surface area contributed by atoms with E-state index >= 15 is 0 Å². The van der Waals surface area contributed by atoms with Gasteiger partial charge in [0.15, 0.2) is 0 Å². The van der Waals surface area contributed by atoms with Crippen LogP contribution >= 0.6 is 15.9 Å². The van der Waals surface area contributed by atoms with E-state index in [4.69, 9.17) is 10.5 Å². The van der Waals surface area contributed by atoms with Crippen molar-refractivity contribution in [2.75, 3.05) is 25.0 Å². The number of benzene rings is 2. The molecule has 1 saturated heterocycles. The highest BCUT2D eigenvalue weighted by Gasteiger charge is 2.55. The lowest BCUT2D eigenvalue weighted by atomic mass is 9.52. The fourth-order valence-electron chi connectivity index (χ4n) is 6.53. The molecule has 1 saturated carbocycles. The zero-order valence-corrected chi connectivity index (χ0v) is 20.4. The van der Waals surface area contributed by atoms with E-state index in [-0.39, 0.29) is 11.5 Å². The SMILES string of the molecule is NCCNc1c(OCc2ccccc2)cc2c(c1Br)CC1C3CCCCC23CCN1C(=O)O. The second kappa shape index (κ2) is 9.18. The highest BCUT2D eigenvalue weighted by Crippen LogP contribution is 2.58. The third-order valence-electron chi connectivity index (χ3n) is 7.97. The number of halogens is 1. The Balaban J connectivity index is 1.59. The van der Waals surface area contributed by atoms with Crippen LogP contribution in [0.4, 0.5) is 10.5 Å². The molecule has 0 radical (unpaired) electrons. The van der Waals surface area contributed by atoms with E-state index in [1.54, 1.807) is 4.90 Å². The van der Waals surface area contributed by atoms with Gasteiger partial charge in [0.2, 0.25) is 0 Å². The number of rotatable bonds is 6. The average Bonchev–Trinajstić information content (AvgIpc) is 2.83. The Kier molecular flexibility index (Phi) is 6.27. The zero-order chi connectivity index (χ0) is 23.0. The fourth-order valence-corrected chi connectivity index (χ4v) is 7.24. The number of carbonyl (C=O) groups is 1. The molecule has 1 aliphatic heterocycles. The number of hydrogen-bond acceptors (Lipinski definition) is 4. The highest BCUT2D eigenvalue weighted by atomic mass is 79.9. The second-order valence-electron chi connectivity index (χ2n) is 9.59. The molecule has 1 heterocycles. The van der Waals surface area contributed by atoms with E-state index < -0.39 is 6.09 Å². The first kappa shape index (κ1) is 22.5. The van der Waals surface area contributed by atoms with Gasteiger partial charge in [0, 0.05) is 35.6 Å². The monoisotopic (exact) mass is 513 g/mol. The fraction of sp³-hybridized carbons (Fsp3) is 0.500. The van der Waals surface area contributed by atoms with Gasteiger partial charge in [-0.25, -0.2) is 4.79 Å². The summed E-state index contributed by atoms with van der Waals surface area (Å²) in [6.07, 6.45) is 5.43. The maximum atomic E-state index is 12.1. The van der Waals surface area contributed by atoms with Gasteiger partial charge in [-0.3, -0.25) is 0 Å². The number of fused-ring (bicyclic) bond motifs is 1. The quantitative estimate of drug-likeness (QED) is 0.497. The number of carboxylic acid groups (broad SMARTS) is 1. The van der Waals surface area contributed by atoms with Crippen molar-refractivity contribution in [2.24, 2.45) is 11.7 Å². The Morgan fingerprint density at radius 3 is 2.85 bits per heavy atom. The van der Waals surface area contributed by atoms with Gasteiger partial charge >= 0.3 is 6.09 Å². The van der Waals surface area contributed by atoms with Crippen LogP contribution in [0.2, 0.25) is 0 Å².